The smallest absolute Gasteiger partial charge is 0.255 e. The number of sulfone groups is 1. The van der Waals surface area contributed by atoms with Gasteiger partial charge in [0.25, 0.3) is 5.91 Å². The largest absolute Gasteiger partial charge is 0.490 e. The maximum atomic E-state index is 12.4. The number of hydrogen-bond acceptors (Lipinski definition) is 5. The van der Waals surface area contributed by atoms with Crippen LogP contribution in [0.3, 0.4) is 0 Å². The molecule has 1 heterocycles. The molecule has 0 fully saturated rings. The summed E-state index contributed by atoms with van der Waals surface area (Å²) < 4.78 is 35.5. The first-order chi connectivity index (χ1) is 12.4. The number of fused-ring (bicyclic) bond motifs is 1. The van der Waals surface area contributed by atoms with Crippen molar-refractivity contribution in [1.29, 1.82) is 0 Å². The SMILES string of the molecule is CC(C)S(=O)(=O)c1ccc(C(=O)Nc2ccc3c(c2)OCCCO3)cc1. The highest BCUT2D eigenvalue weighted by molar-refractivity contribution is 7.92. The van der Waals surface area contributed by atoms with Gasteiger partial charge in [-0.05, 0) is 50.2 Å². The summed E-state index contributed by atoms with van der Waals surface area (Å²) >= 11 is 0. The highest BCUT2D eigenvalue weighted by Gasteiger charge is 2.19. The number of benzene rings is 2. The van der Waals surface area contributed by atoms with Crippen LogP contribution in [0, 0.1) is 0 Å². The van der Waals surface area contributed by atoms with Gasteiger partial charge in [-0.1, -0.05) is 0 Å². The second-order valence-electron chi connectivity index (χ2n) is 6.28. The minimum absolute atomic E-state index is 0.208. The van der Waals surface area contributed by atoms with E-state index in [4.69, 9.17) is 9.47 Å². The molecule has 138 valence electrons. The third-order valence-electron chi connectivity index (χ3n) is 4.07. The number of anilines is 1. The van der Waals surface area contributed by atoms with E-state index in [2.05, 4.69) is 5.32 Å². The van der Waals surface area contributed by atoms with E-state index in [0.29, 0.717) is 36.0 Å². The van der Waals surface area contributed by atoms with Crippen molar-refractivity contribution >= 4 is 21.4 Å². The molecule has 1 amide bonds. The molecule has 1 aliphatic heterocycles. The van der Waals surface area contributed by atoms with E-state index in [-0.39, 0.29) is 10.8 Å². The van der Waals surface area contributed by atoms with Gasteiger partial charge in [-0.3, -0.25) is 4.79 Å². The number of carbonyl (C=O) groups is 1. The average Bonchev–Trinajstić information content (AvgIpc) is 2.86. The molecule has 6 nitrogen and oxygen atoms in total. The van der Waals surface area contributed by atoms with E-state index in [1.807, 2.05) is 0 Å². The fourth-order valence-corrected chi connectivity index (χ4v) is 3.57. The molecule has 1 aliphatic rings. The van der Waals surface area contributed by atoms with E-state index in [1.165, 1.54) is 24.3 Å². The predicted molar refractivity (Wildman–Crippen MR) is 98.8 cm³/mol. The monoisotopic (exact) mass is 375 g/mol. The normalized spacial score (nSPS) is 14.0. The number of nitrogens with one attached hydrogen (secondary N) is 1. The van der Waals surface area contributed by atoms with Gasteiger partial charge < -0.3 is 14.8 Å². The second kappa shape index (κ2) is 7.37. The standard InChI is InChI=1S/C19H21NO5S/c1-13(2)26(22,23)16-7-4-14(5-8-16)19(21)20-15-6-9-17-18(12-15)25-11-3-10-24-17/h4-9,12-13H,3,10-11H2,1-2H3,(H,20,21). The van der Waals surface area contributed by atoms with E-state index >= 15 is 0 Å². The lowest BCUT2D eigenvalue weighted by Crippen LogP contribution is -2.15. The van der Waals surface area contributed by atoms with Gasteiger partial charge in [-0.2, -0.15) is 0 Å². The molecule has 0 radical (unpaired) electrons. The first-order valence-electron chi connectivity index (χ1n) is 8.43. The number of carbonyl (C=O) groups excluding carboxylic acids is 1. The summed E-state index contributed by atoms with van der Waals surface area (Å²) in [6.45, 7) is 4.42. The van der Waals surface area contributed by atoms with Gasteiger partial charge in [-0.25, -0.2) is 8.42 Å². The van der Waals surface area contributed by atoms with Crippen molar-refractivity contribution in [2.75, 3.05) is 18.5 Å². The van der Waals surface area contributed by atoms with Crippen LogP contribution in [0.15, 0.2) is 47.4 Å². The summed E-state index contributed by atoms with van der Waals surface area (Å²) in [7, 11) is -3.35. The highest BCUT2D eigenvalue weighted by atomic mass is 32.2. The first kappa shape index (κ1) is 18.3. The highest BCUT2D eigenvalue weighted by Crippen LogP contribution is 2.32. The Balaban J connectivity index is 1.75. The maximum Gasteiger partial charge on any atom is 0.255 e. The molecule has 7 heteroatoms. The van der Waals surface area contributed by atoms with Crippen molar-refractivity contribution in [3.05, 3.63) is 48.0 Å². The van der Waals surface area contributed by atoms with E-state index in [0.717, 1.165) is 6.42 Å². The molecule has 0 atom stereocenters. The molecule has 26 heavy (non-hydrogen) atoms. The summed E-state index contributed by atoms with van der Waals surface area (Å²) in [5, 5.41) is 2.28. The molecule has 2 aromatic carbocycles. The fourth-order valence-electron chi connectivity index (χ4n) is 2.51. The van der Waals surface area contributed by atoms with Crippen molar-refractivity contribution in [3.63, 3.8) is 0 Å². The third kappa shape index (κ3) is 3.83. The Bertz CT molecular complexity index is 904. The molecule has 0 saturated heterocycles. The molecule has 0 saturated carbocycles. The van der Waals surface area contributed by atoms with Gasteiger partial charge in [0.05, 0.1) is 23.4 Å². The molecule has 2 aromatic rings. The Labute approximate surface area is 153 Å². The Morgan fingerprint density at radius 2 is 1.65 bits per heavy atom. The Morgan fingerprint density at radius 3 is 2.31 bits per heavy atom. The lowest BCUT2D eigenvalue weighted by Gasteiger charge is -2.11. The zero-order chi connectivity index (χ0) is 18.7. The van der Waals surface area contributed by atoms with Gasteiger partial charge in [-0.15, -0.1) is 0 Å². The van der Waals surface area contributed by atoms with E-state index < -0.39 is 15.1 Å². The molecule has 0 aromatic heterocycles. The van der Waals surface area contributed by atoms with Crippen LogP contribution in [0.1, 0.15) is 30.6 Å². The summed E-state index contributed by atoms with van der Waals surface area (Å²) in [6, 6.07) is 11.1. The zero-order valence-corrected chi connectivity index (χ0v) is 15.5. The van der Waals surface area contributed by atoms with Crippen LogP contribution in [0.25, 0.3) is 0 Å². The van der Waals surface area contributed by atoms with Gasteiger partial charge in [0, 0.05) is 23.7 Å². The molecule has 1 N–H and O–H groups in total. The van der Waals surface area contributed by atoms with Crippen molar-refractivity contribution in [2.45, 2.75) is 30.4 Å². The predicted octanol–water partition coefficient (Wildman–Crippen LogP) is 3.28. The molecular formula is C19H21NO5S. The van der Waals surface area contributed by atoms with Gasteiger partial charge in [0.2, 0.25) is 0 Å². The van der Waals surface area contributed by atoms with Gasteiger partial charge in [0.1, 0.15) is 0 Å². The average molecular weight is 375 g/mol. The number of rotatable bonds is 4. The van der Waals surface area contributed by atoms with Crippen molar-refractivity contribution < 1.29 is 22.7 Å². The molecule has 0 bridgehead atoms. The maximum absolute atomic E-state index is 12.4. The molecule has 0 spiro atoms. The second-order valence-corrected chi connectivity index (χ2v) is 8.79. The molecular weight excluding hydrogens is 354 g/mol. The van der Waals surface area contributed by atoms with E-state index in [9.17, 15) is 13.2 Å². The minimum Gasteiger partial charge on any atom is -0.490 e. The van der Waals surface area contributed by atoms with E-state index in [1.54, 1.807) is 32.0 Å². The topological polar surface area (TPSA) is 81.7 Å². The number of ether oxygens (including phenoxy) is 2. The third-order valence-corrected chi connectivity index (χ3v) is 6.24. The Kier molecular flexibility index (Phi) is 5.18. The zero-order valence-electron chi connectivity index (χ0n) is 14.7. The van der Waals surface area contributed by atoms with Gasteiger partial charge >= 0.3 is 0 Å². The fraction of sp³-hybridized carbons (Fsp3) is 0.316. The van der Waals surface area contributed by atoms with Crippen molar-refractivity contribution in [2.24, 2.45) is 0 Å². The molecule has 0 aliphatic carbocycles. The lowest BCUT2D eigenvalue weighted by molar-refractivity contribution is 0.102. The van der Waals surface area contributed by atoms with Crippen LogP contribution in [0.4, 0.5) is 5.69 Å². The Morgan fingerprint density at radius 1 is 1.00 bits per heavy atom. The molecule has 0 unspecified atom stereocenters. The minimum atomic E-state index is -3.35. The van der Waals surface area contributed by atoms with Crippen LogP contribution in [-0.2, 0) is 9.84 Å². The summed E-state index contributed by atoms with van der Waals surface area (Å²) in [4.78, 5) is 12.6. The van der Waals surface area contributed by atoms with Crippen LogP contribution in [0.5, 0.6) is 11.5 Å². The summed E-state index contributed by atoms with van der Waals surface area (Å²) in [6.07, 6.45) is 0.808. The first-order valence-corrected chi connectivity index (χ1v) is 9.97. The van der Waals surface area contributed by atoms with Crippen LogP contribution in [-0.4, -0.2) is 32.8 Å². The number of hydrogen-bond donors (Lipinski definition) is 1. The van der Waals surface area contributed by atoms with Crippen molar-refractivity contribution in [3.8, 4) is 11.5 Å². The van der Waals surface area contributed by atoms with Crippen LogP contribution >= 0.6 is 0 Å². The number of amides is 1. The van der Waals surface area contributed by atoms with Crippen LogP contribution < -0.4 is 14.8 Å². The molecule has 3 rings (SSSR count). The Hall–Kier alpha value is -2.54. The lowest BCUT2D eigenvalue weighted by atomic mass is 10.2. The summed E-state index contributed by atoms with van der Waals surface area (Å²) in [5.41, 5.74) is 0.956. The quantitative estimate of drug-likeness (QED) is 0.887. The van der Waals surface area contributed by atoms with Crippen LogP contribution in [0.2, 0.25) is 0 Å². The summed E-state index contributed by atoms with van der Waals surface area (Å²) in [5.74, 6) is 0.926. The van der Waals surface area contributed by atoms with Gasteiger partial charge in [0.15, 0.2) is 21.3 Å². The van der Waals surface area contributed by atoms with Crippen molar-refractivity contribution in [1.82, 2.24) is 0 Å².